The van der Waals surface area contributed by atoms with Crippen LogP contribution in [0, 0.1) is 6.92 Å². The highest BCUT2D eigenvalue weighted by Gasteiger charge is 2.17. The molecule has 94 valence electrons. The van der Waals surface area contributed by atoms with Crippen molar-refractivity contribution in [2.45, 2.75) is 32.8 Å². The van der Waals surface area contributed by atoms with Crippen molar-refractivity contribution in [2.75, 3.05) is 25.1 Å². The van der Waals surface area contributed by atoms with Crippen LogP contribution in [0.4, 0.5) is 5.95 Å². The van der Waals surface area contributed by atoms with E-state index < -0.39 is 0 Å². The lowest BCUT2D eigenvalue weighted by molar-refractivity contribution is 0.0661. The van der Waals surface area contributed by atoms with Crippen LogP contribution in [0.2, 0.25) is 0 Å². The van der Waals surface area contributed by atoms with Gasteiger partial charge in [0.1, 0.15) is 6.61 Å². The first-order chi connectivity index (χ1) is 8.29. The number of anilines is 1. The molecule has 0 saturated carbocycles. The fourth-order valence-corrected chi connectivity index (χ4v) is 1.76. The van der Waals surface area contributed by atoms with E-state index in [1.807, 2.05) is 13.8 Å². The molecular weight excluding hydrogens is 218 g/mol. The van der Waals surface area contributed by atoms with Gasteiger partial charge in [-0.1, -0.05) is 0 Å². The fraction of sp³-hybridized carbons (Fsp3) is 0.667. The summed E-state index contributed by atoms with van der Waals surface area (Å²) in [6, 6.07) is 0. The molecule has 0 bridgehead atoms. The first kappa shape index (κ1) is 12.1. The number of nitrogens with zero attached hydrogens (tertiary/aromatic N) is 2. The Morgan fingerprint density at radius 1 is 1.59 bits per heavy atom. The van der Waals surface area contributed by atoms with Crippen molar-refractivity contribution in [1.82, 2.24) is 9.97 Å². The third-order valence-electron chi connectivity index (χ3n) is 2.69. The van der Waals surface area contributed by atoms with Crippen molar-refractivity contribution >= 4 is 5.95 Å². The number of ether oxygens (including phenoxy) is 2. The Hall–Kier alpha value is -1.36. The van der Waals surface area contributed by atoms with Gasteiger partial charge in [0.25, 0.3) is 0 Å². The zero-order valence-corrected chi connectivity index (χ0v) is 10.4. The molecule has 1 aromatic rings. The lowest BCUT2D eigenvalue weighted by Gasteiger charge is -2.13. The van der Waals surface area contributed by atoms with E-state index in [-0.39, 0.29) is 6.10 Å². The minimum Gasteiger partial charge on any atom is -0.475 e. The van der Waals surface area contributed by atoms with Crippen LogP contribution in [0.15, 0.2) is 6.20 Å². The van der Waals surface area contributed by atoms with Crippen LogP contribution >= 0.6 is 0 Å². The standard InChI is InChI=1S/C12H19N3O2/c1-3-13-12-14-7-9(2)11(15-12)17-8-10-5-4-6-16-10/h7,10H,3-6,8H2,1-2H3,(H,13,14,15). The number of nitrogens with one attached hydrogen (secondary N) is 1. The molecule has 1 unspecified atom stereocenters. The molecule has 17 heavy (non-hydrogen) atoms. The molecule has 2 rings (SSSR count). The van der Waals surface area contributed by atoms with Crippen LogP contribution in [0.1, 0.15) is 25.3 Å². The van der Waals surface area contributed by atoms with Gasteiger partial charge in [0.15, 0.2) is 0 Å². The van der Waals surface area contributed by atoms with Gasteiger partial charge in [-0.05, 0) is 26.7 Å². The van der Waals surface area contributed by atoms with E-state index in [2.05, 4.69) is 15.3 Å². The lowest BCUT2D eigenvalue weighted by Crippen LogP contribution is -2.17. The highest BCUT2D eigenvalue weighted by atomic mass is 16.5. The summed E-state index contributed by atoms with van der Waals surface area (Å²) >= 11 is 0. The highest BCUT2D eigenvalue weighted by Crippen LogP contribution is 2.18. The predicted octanol–water partition coefficient (Wildman–Crippen LogP) is 1.77. The second kappa shape index (κ2) is 5.82. The molecule has 0 aliphatic carbocycles. The number of aromatic nitrogens is 2. The molecule has 0 radical (unpaired) electrons. The van der Waals surface area contributed by atoms with E-state index in [4.69, 9.17) is 9.47 Å². The molecule has 1 aliphatic heterocycles. The SMILES string of the molecule is CCNc1ncc(C)c(OCC2CCCO2)n1. The first-order valence-electron chi connectivity index (χ1n) is 6.11. The van der Waals surface area contributed by atoms with E-state index in [1.54, 1.807) is 6.20 Å². The smallest absolute Gasteiger partial charge is 0.225 e. The van der Waals surface area contributed by atoms with Gasteiger partial charge in [-0.2, -0.15) is 4.98 Å². The van der Waals surface area contributed by atoms with Gasteiger partial charge in [-0.15, -0.1) is 0 Å². The predicted molar refractivity (Wildman–Crippen MR) is 65.4 cm³/mol. The molecular formula is C12H19N3O2. The largest absolute Gasteiger partial charge is 0.475 e. The topological polar surface area (TPSA) is 56.3 Å². The number of aryl methyl sites for hydroxylation is 1. The average molecular weight is 237 g/mol. The molecule has 1 aromatic heterocycles. The quantitative estimate of drug-likeness (QED) is 0.846. The fourth-order valence-electron chi connectivity index (χ4n) is 1.76. The summed E-state index contributed by atoms with van der Waals surface area (Å²) in [4.78, 5) is 8.50. The van der Waals surface area contributed by atoms with Crippen molar-refractivity contribution in [3.63, 3.8) is 0 Å². The number of hydrogen-bond donors (Lipinski definition) is 1. The van der Waals surface area contributed by atoms with E-state index >= 15 is 0 Å². The number of hydrogen-bond acceptors (Lipinski definition) is 5. The monoisotopic (exact) mass is 237 g/mol. The zero-order chi connectivity index (χ0) is 12.1. The molecule has 5 heteroatoms. The maximum atomic E-state index is 5.69. The molecule has 1 fully saturated rings. The van der Waals surface area contributed by atoms with Crippen molar-refractivity contribution in [2.24, 2.45) is 0 Å². The summed E-state index contributed by atoms with van der Waals surface area (Å²) in [7, 11) is 0. The minimum absolute atomic E-state index is 0.215. The Morgan fingerprint density at radius 3 is 3.18 bits per heavy atom. The summed E-state index contributed by atoms with van der Waals surface area (Å²) in [5.74, 6) is 1.26. The van der Waals surface area contributed by atoms with Crippen LogP contribution in [-0.2, 0) is 4.74 Å². The molecule has 0 aromatic carbocycles. The van der Waals surface area contributed by atoms with Crippen LogP contribution < -0.4 is 10.1 Å². The van der Waals surface area contributed by atoms with E-state index in [9.17, 15) is 0 Å². The average Bonchev–Trinajstić information content (AvgIpc) is 2.83. The summed E-state index contributed by atoms with van der Waals surface area (Å²) in [5, 5.41) is 3.07. The van der Waals surface area contributed by atoms with Crippen LogP contribution in [0.3, 0.4) is 0 Å². The van der Waals surface area contributed by atoms with Gasteiger partial charge in [-0.3, -0.25) is 0 Å². The van der Waals surface area contributed by atoms with E-state index in [0.717, 1.165) is 31.6 Å². The Labute approximate surface area is 102 Å². The second-order valence-electron chi connectivity index (χ2n) is 4.16. The highest BCUT2D eigenvalue weighted by molar-refractivity contribution is 5.32. The molecule has 0 amide bonds. The molecule has 5 nitrogen and oxygen atoms in total. The third-order valence-corrected chi connectivity index (χ3v) is 2.69. The van der Waals surface area contributed by atoms with E-state index in [0.29, 0.717) is 18.4 Å². The Balaban J connectivity index is 1.95. The number of rotatable bonds is 5. The zero-order valence-electron chi connectivity index (χ0n) is 10.4. The van der Waals surface area contributed by atoms with Crippen molar-refractivity contribution in [3.05, 3.63) is 11.8 Å². The Morgan fingerprint density at radius 2 is 2.47 bits per heavy atom. The molecule has 0 spiro atoms. The van der Waals surface area contributed by atoms with E-state index in [1.165, 1.54) is 0 Å². The summed E-state index contributed by atoms with van der Waals surface area (Å²) in [5.41, 5.74) is 0.949. The van der Waals surface area contributed by atoms with Crippen molar-refractivity contribution in [1.29, 1.82) is 0 Å². The first-order valence-corrected chi connectivity index (χ1v) is 6.11. The molecule has 1 N–H and O–H groups in total. The molecule has 2 heterocycles. The summed E-state index contributed by atoms with van der Waals surface area (Å²) < 4.78 is 11.2. The van der Waals surface area contributed by atoms with Gasteiger partial charge in [-0.25, -0.2) is 4.98 Å². The minimum atomic E-state index is 0.215. The van der Waals surface area contributed by atoms with Gasteiger partial charge >= 0.3 is 0 Å². The lowest BCUT2D eigenvalue weighted by atomic mass is 10.2. The van der Waals surface area contributed by atoms with Crippen LogP contribution in [0.25, 0.3) is 0 Å². The Bertz CT molecular complexity index is 365. The third kappa shape index (κ3) is 3.30. The second-order valence-corrected chi connectivity index (χ2v) is 4.16. The molecule has 1 atom stereocenters. The summed E-state index contributed by atoms with van der Waals surface area (Å²) in [6.45, 7) is 6.17. The van der Waals surface area contributed by atoms with Crippen LogP contribution in [0.5, 0.6) is 5.88 Å². The molecule has 1 saturated heterocycles. The van der Waals surface area contributed by atoms with Gasteiger partial charge < -0.3 is 14.8 Å². The Kier molecular flexibility index (Phi) is 4.14. The van der Waals surface area contributed by atoms with Crippen LogP contribution in [-0.4, -0.2) is 35.8 Å². The maximum Gasteiger partial charge on any atom is 0.225 e. The van der Waals surface area contributed by atoms with Gasteiger partial charge in [0.2, 0.25) is 11.8 Å². The van der Waals surface area contributed by atoms with Crippen molar-refractivity contribution in [3.8, 4) is 5.88 Å². The summed E-state index contributed by atoms with van der Waals surface area (Å²) in [6.07, 6.45) is 4.19. The normalized spacial score (nSPS) is 19.3. The maximum absolute atomic E-state index is 5.69. The molecule has 1 aliphatic rings. The van der Waals surface area contributed by atoms with Crippen molar-refractivity contribution < 1.29 is 9.47 Å². The van der Waals surface area contributed by atoms with Gasteiger partial charge in [0.05, 0.1) is 6.10 Å². The van der Waals surface area contributed by atoms with Gasteiger partial charge in [0, 0.05) is 24.9 Å².